The van der Waals surface area contributed by atoms with Gasteiger partial charge in [0.15, 0.2) is 0 Å². The lowest BCUT2D eigenvalue weighted by Crippen LogP contribution is -2.34. The van der Waals surface area contributed by atoms with Crippen molar-refractivity contribution in [3.8, 4) is 0 Å². The molecule has 2 fully saturated rings. The topological polar surface area (TPSA) is 12.0 Å². The average molecular weight is 235 g/mol. The second kappa shape index (κ2) is 4.79. The van der Waals surface area contributed by atoms with Crippen LogP contribution in [-0.4, -0.2) is 6.04 Å². The van der Waals surface area contributed by atoms with Gasteiger partial charge in [-0.2, -0.15) is 11.3 Å². The lowest BCUT2D eigenvalue weighted by Gasteiger charge is -2.39. The van der Waals surface area contributed by atoms with Gasteiger partial charge in [0, 0.05) is 17.1 Å². The molecule has 0 bridgehead atoms. The zero-order valence-electron chi connectivity index (χ0n) is 9.82. The van der Waals surface area contributed by atoms with Crippen LogP contribution in [0.5, 0.6) is 0 Å². The van der Waals surface area contributed by atoms with Crippen molar-refractivity contribution in [2.45, 2.75) is 51.0 Å². The summed E-state index contributed by atoms with van der Waals surface area (Å²) in [5.41, 5.74) is 1.34. The molecule has 0 spiro atoms. The Balaban J connectivity index is 1.58. The largest absolute Gasteiger partial charge is 0.382 e. The maximum Gasteiger partial charge on any atom is 0.0450 e. The van der Waals surface area contributed by atoms with Crippen molar-refractivity contribution in [1.82, 2.24) is 0 Å². The highest BCUT2D eigenvalue weighted by molar-refractivity contribution is 7.08. The van der Waals surface area contributed by atoms with Crippen LogP contribution in [0, 0.1) is 11.8 Å². The van der Waals surface area contributed by atoms with Crippen LogP contribution in [0.4, 0.5) is 5.69 Å². The fourth-order valence-corrected chi connectivity index (χ4v) is 4.18. The van der Waals surface area contributed by atoms with E-state index in [2.05, 4.69) is 22.1 Å². The maximum absolute atomic E-state index is 3.70. The van der Waals surface area contributed by atoms with Crippen molar-refractivity contribution < 1.29 is 0 Å². The SMILES string of the molecule is c1cc(NC2CCC3CCCCC3C2)cs1. The zero-order valence-corrected chi connectivity index (χ0v) is 10.6. The van der Waals surface area contributed by atoms with Crippen molar-refractivity contribution in [2.24, 2.45) is 11.8 Å². The summed E-state index contributed by atoms with van der Waals surface area (Å²) in [6.07, 6.45) is 10.2. The van der Waals surface area contributed by atoms with Crippen molar-refractivity contribution in [3.05, 3.63) is 16.8 Å². The number of hydrogen-bond acceptors (Lipinski definition) is 2. The lowest BCUT2D eigenvalue weighted by atomic mass is 9.69. The number of anilines is 1. The molecule has 1 aromatic heterocycles. The first kappa shape index (κ1) is 10.6. The van der Waals surface area contributed by atoms with Gasteiger partial charge >= 0.3 is 0 Å². The molecule has 1 N–H and O–H groups in total. The quantitative estimate of drug-likeness (QED) is 0.794. The third-order valence-corrected chi connectivity index (χ3v) is 5.11. The summed E-state index contributed by atoms with van der Waals surface area (Å²) in [5.74, 6) is 2.09. The third-order valence-electron chi connectivity index (χ3n) is 4.43. The van der Waals surface area contributed by atoms with Crippen molar-refractivity contribution >= 4 is 17.0 Å². The minimum atomic E-state index is 0.744. The second-order valence-corrected chi connectivity index (χ2v) is 6.25. The van der Waals surface area contributed by atoms with Crippen molar-refractivity contribution in [1.29, 1.82) is 0 Å². The van der Waals surface area contributed by atoms with E-state index in [0.717, 1.165) is 17.9 Å². The molecule has 16 heavy (non-hydrogen) atoms. The molecule has 2 saturated carbocycles. The smallest absolute Gasteiger partial charge is 0.0450 e. The molecule has 2 aliphatic rings. The van der Waals surface area contributed by atoms with Crippen LogP contribution in [0.1, 0.15) is 44.9 Å². The first-order chi connectivity index (χ1) is 7.92. The summed E-state index contributed by atoms with van der Waals surface area (Å²) in [4.78, 5) is 0. The molecule has 1 nitrogen and oxygen atoms in total. The number of hydrogen-bond donors (Lipinski definition) is 1. The molecule has 2 aliphatic carbocycles. The Hall–Kier alpha value is -0.500. The molecular weight excluding hydrogens is 214 g/mol. The van der Waals surface area contributed by atoms with E-state index in [4.69, 9.17) is 0 Å². The monoisotopic (exact) mass is 235 g/mol. The van der Waals surface area contributed by atoms with E-state index >= 15 is 0 Å². The number of fused-ring (bicyclic) bond motifs is 1. The van der Waals surface area contributed by atoms with Crippen LogP contribution in [0.25, 0.3) is 0 Å². The van der Waals surface area contributed by atoms with E-state index in [9.17, 15) is 0 Å². The molecule has 0 radical (unpaired) electrons. The van der Waals surface area contributed by atoms with E-state index in [0.29, 0.717) is 0 Å². The van der Waals surface area contributed by atoms with E-state index in [1.165, 1.54) is 50.6 Å². The van der Waals surface area contributed by atoms with Crippen LogP contribution in [0.2, 0.25) is 0 Å². The van der Waals surface area contributed by atoms with E-state index < -0.39 is 0 Å². The van der Waals surface area contributed by atoms with Gasteiger partial charge in [-0.25, -0.2) is 0 Å². The Labute approximate surface area is 102 Å². The summed E-state index contributed by atoms with van der Waals surface area (Å²) in [6.45, 7) is 0. The molecule has 0 amide bonds. The molecule has 1 aromatic rings. The molecule has 1 heterocycles. The van der Waals surface area contributed by atoms with E-state index in [1.54, 1.807) is 11.3 Å². The fourth-order valence-electron chi connectivity index (χ4n) is 3.59. The highest BCUT2D eigenvalue weighted by Crippen LogP contribution is 2.41. The van der Waals surface area contributed by atoms with Crippen molar-refractivity contribution in [2.75, 3.05) is 5.32 Å². The Kier molecular flexibility index (Phi) is 3.18. The highest BCUT2D eigenvalue weighted by atomic mass is 32.1. The number of rotatable bonds is 2. The number of thiophene rings is 1. The van der Waals surface area contributed by atoms with Gasteiger partial charge in [-0.3, -0.25) is 0 Å². The average Bonchev–Trinajstić information content (AvgIpc) is 2.82. The Morgan fingerprint density at radius 2 is 1.94 bits per heavy atom. The van der Waals surface area contributed by atoms with Gasteiger partial charge in [-0.15, -0.1) is 0 Å². The molecular formula is C14H21NS. The number of nitrogens with one attached hydrogen (secondary N) is 1. The van der Waals surface area contributed by atoms with E-state index in [1.807, 2.05) is 0 Å². The van der Waals surface area contributed by atoms with Crippen LogP contribution in [0.15, 0.2) is 16.8 Å². The summed E-state index contributed by atoms with van der Waals surface area (Å²) in [7, 11) is 0. The van der Waals surface area contributed by atoms with Crippen LogP contribution in [0.3, 0.4) is 0 Å². The lowest BCUT2D eigenvalue weighted by molar-refractivity contribution is 0.162. The summed E-state index contributed by atoms with van der Waals surface area (Å²) in [6, 6.07) is 2.95. The van der Waals surface area contributed by atoms with Gasteiger partial charge in [0.05, 0.1) is 0 Å². The Morgan fingerprint density at radius 3 is 2.75 bits per heavy atom. The van der Waals surface area contributed by atoms with Crippen LogP contribution < -0.4 is 5.32 Å². The molecule has 3 atom stereocenters. The Morgan fingerprint density at radius 1 is 1.06 bits per heavy atom. The minimum Gasteiger partial charge on any atom is -0.382 e. The molecule has 0 aromatic carbocycles. The second-order valence-electron chi connectivity index (χ2n) is 5.47. The first-order valence-corrected chi connectivity index (χ1v) is 7.65. The Bertz CT molecular complexity index is 319. The summed E-state index contributed by atoms with van der Waals surface area (Å²) >= 11 is 1.79. The predicted molar refractivity (Wildman–Crippen MR) is 71.0 cm³/mol. The van der Waals surface area contributed by atoms with Gasteiger partial charge in [-0.1, -0.05) is 25.7 Å². The predicted octanol–water partition coefficient (Wildman–Crippen LogP) is 4.52. The summed E-state index contributed by atoms with van der Waals surface area (Å²) in [5, 5.41) is 8.09. The van der Waals surface area contributed by atoms with Gasteiger partial charge in [-0.05, 0) is 42.5 Å². The molecule has 0 saturated heterocycles. The van der Waals surface area contributed by atoms with Crippen LogP contribution in [-0.2, 0) is 0 Å². The molecule has 3 rings (SSSR count). The maximum atomic E-state index is 3.70. The van der Waals surface area contributed by atoms with Gasteiger partial charge in [0.1, 0.15) is 0 Å². The van der Waals surface area contributed by atoms with E-state index in [-0.39, 0.29) is 0 Å². The third kappa shape index (κ3) is 2.27. The van der Waals surface area contributed by atoms with Crippen molar-refractivity contribution in [3.63, 3.8) is 0 Å². The van der Waals surface area contributed by atoms with Gasteiger partial charge in [0.2, 0.25) is 0 Å². The normalized spacial score (nSPS) is 34.4. The molecule has 88 valence electrons. The highest BCUT2D eigenvalue weighted by Gasteiger charge is 2.31. The fraction of sp³-hybridized carbons (Fsp3) is 0.714. The minimum absolute atomic E-state index is 0.744. The molecule has 2 heteroatoms. The van der Waals surface area contributed by atoms with Gasteiger partial charge in [0.25, 0.3) is 0 Å². The molecule has 0 aliphatic heterocycles. The van der Waals surface area contributed by atoms with Crippen LogP contribution >= 0.6 is 11.3 Å². The molecule has 3 unspecified atom stereocenters. The zero-order chi connectivity index (χ0) is 10.8. The first-order valence-electron chi connectivity index (χ1n) is 6.70. The summed E-state index contributed by atoms with van der Waals surface area (Å²) < 4.78 is 0. The van der Waals surface area contributed by atoms with Gasteiger partial charge < -0.3 is 5.32 Å². The standard InChI is InChI=1S/C14H21NS/c1-2-4-12-9-13(6-5-11(12)3-1)15-14-7-8-16-10-14/h7-8,10-13,15H,1-6,9H2.